The number of hydrogen-bond acceptors (Lipinski definition) is 4. The van der Waals surface area contributed by atoms with Crippen LogP contribution in [0.25, 0.3) is 0 Å². The first-order valence-corrected chi connectivity index (χ1v) is 5.35. The molecule has 0 aromatic heterocycles. The Morgan fingerprint density at radius 1 is 1.39 bits per heavy atom. The van der Waals surface area contributed by atoms with Crippen molar-refractivity contribution in [3.63, 3.8) is 0 Å². The van der Waals surface area contributed by atoms with Gasteiger partial charge in [0.25, 0.3) is 0 Å². The summed E-state index contributed by atoms with van der Waals surface area (Å²) in [6, 6.07) is 5.20. The Bertz CT molecular complexity index is 399. The van der Waals surface area contributed by atoms with Crippen molar-refractivity contribution in [2.24, 2.45) is 11.7 Å². The summed E-state index contributed by atoms with van der Waals surface area (Å²) >= 11 is 0. The number of rotatable bonds is 5. The SMILES string of the molecule is COc1ccc(NC(=O)C(C)CN)c(OC)c1.Cl. The number of nitrogens with one attached hydrogen (secondary N) is 1. The van der Waals surface area contributed by atoms with Crippen molar-refractivity contribution in [2.75, 3.05) is 26.1 Å². The summed E-state index contributed by atoms with van der Waals surface area (Å²) in [4.78, 5) is 11.7. The third-order valence-corrected chi connectivity index (χ3v) is 2.47. The molecular formula is C12H19ClN2O3. The Morgan fingerprint density at radius 2 is 2.06 bits per heavy atom. The topological polar surface area (TPSA) is 73.6 Å². The Balaban J connectivity index is 0.00000289. The molecule has 1 aromatic rings. The lowest BCUT2D eigenvalue weighted by Crippen LogP contribution is -2.26. The van der Waals surface area contributed by atoms with Crippen LogP contribution in [0.3, 0.4) is 0 Å². The molecular weight excluding hydrogens is 256 g/mol. The minimum atomic E-state index is -0.234. The third kappa shape index (κ3) is 4.09. The number of hydrogen-bond donors (Lipinski definition) is 2. The van der Waals surface area contributed by atoms with Gasteiger partial charge in [0, 0.05) is 18.5 Å². The van der Waals surface area contributed by atoms with Crippen LogP contribution in [0.4, 0.5) is 5.69 Å². The molecule has 1 aromatic carbocycles. The first-order chi connectivity index (χ1) is 8.12. The molecule has 1 unspecified atom stereocenters. The van der Waals surface area contributed by atoms with Crippen LogP contribution in [-0.4, -0.2) is 26.7 Å². The van der Waals surface area contributed by atoms with E-state index in [1.807, 2.05) is 0 Å². The molecule has 0 aliphatic heterocycles. The highest BCUT2D eigenvalue weighted by molar-refractivity contribution is 5.94. The van der Waals surface area contributed by atoms with Crippen molar-refractivity contribution in [3.8, 4) is 11.5 Å². The molecule has 3 N–H and O–H groups in total. The number of amides is 1. The highest BCUT2D eigenvalue weighted by Gasteiger charge is 2.13. The summed E-state index contributed by atoms with van der Waals surface area (Å²) in [7, 11) is 3.11. The third-order valence-electron chi connectivity index (χ3n) is 2.47. The van der Waals surface area contributed by atoms with Crippen molar-refractivity contribution in [1.29, 1.82) is 0 Å². The van der Waals surface area contributed by atoms with Crippen LogP contribution >= 0.6 is 12.4 Å². The predicted octanol–water partition coefficient (Wildman–Crippen LogP) is 1.66. The second-order valence-corrected chi connectivity index (χ2v) is 3.69. The fourth-order valence-corrected chi connectivity index (χ4v) is 1.26. The fourth-order valence-electron chi connectivity index (χ4n) is 1.26. The number of ether oxygens (including phenoxy) is 2. The predicted molar refractivity (Wildman–Crippen MR) is 73.6 cm³/mol. The van der Waals surface area contributed by atoms with Gasteiger partial charge in [0.05, 0.1) is 19.9 Å². The Morgan fingerprint density at radius 3 is 2.56 bits per heavy atom. The Labute approximate surface area is 113 Å². The van der Waals surface area contributed by atoms with E-state index in [0.717, 1.165) is 0 Å². The Hall–Kier alpha value is -1.46. The molecule has 0 fully saturated rings. The molecule has 0 spiro atoms. The van der Waals surface area contributed by atoms with E-state index in [9.17, 15) is 4.79 Å². The average Bonchev–Trinajstić information content (AvgIpc) is 2.37. The van der Waals surface area contributed by atoms with Gasteiger partial charge in [0.2, 0.25) is 5.91 Å². The molecule has 0 radical (unpaired) electrons. The van der Waals surface area contributed by atoms with Gasteiger partial charge >= 0.3 is 0 Å². The summed E-state index contributed by atoms with van der Waals surface area (Å²) in [5.74, 6) is 0.867. The quantitative estimate of drug-likeness (QED) is 0.856. The van der Waals surface area contributed by atoms with E-state index in [1.54, 1.807) is 32.2 Å². The molecule has 0 aliphatic rings. The summed E-state index contributed by atoms with van der Waals surface area (Å²) in [6.45, 7) is 2.08. The molecule has 1 rings (SSSR count). The summed E-state index contributed by atoms with van der Waals surface area (Å²) in [5, 5.41) is 2.76. The van der Waals surface area contributed by atoms with Crippen molar-refractivity contribution in [1.82, 2.24) is 0 Å². The van der Waals surface area contributed by atoms with Crippen LogP contribution in [-0.2, 0) is 4.79 Å². The number of carbonyl (C=O) groups is 1. The molecule has 0 aliphatic carbocycles. The van der Waals surface area contributed by atoms with Crippen molar-refractivity contribution < 1.29 is 14.3 Å². The monoisotopic (exact) mass is 274 g/mol. The lowest BCUT2D eigenvalue weighted by molar-refractivity contribution is -0.119. The van der Waals surface area contributed by atoms with Crippen LogP contribution in [0.15, 0.2) is 18.2 Å². The maximum absolute atomic E-state index is 11.7. The van der Waals surface area contributed by atoms with Gasteiger partial charge in [0.15, 0.2) is 0 Å². The molecule has 1 amide bonds. The van der Waals surface area contributed by atoms with Crippen molar-refractivity contribution in [2.45, 2.75) is 6.92 Å². The lowest BCUT2D eigenvalue weighted by Gasteiger charge is -2.13. The molecule has 1 atom stereocenters. The molecule has 18 heavy (non-hydrogen) atoms. The van der Waals surface area contributed by atoms with E-state index < -0.39 is 0 Å². The second kappa shape index (κ2) is 7.79. The van der Waals surface area contributed by atoms with E-state index in [0.29, 0.717) is 23.7 Å². The van der Waals surface area contributed by atoms with Crippen molar-refractivity contribution in [3.05, 3.63) is 18.2 Å². The van der Waals surface area contributed by atoms with Gasteiger partial charge in [-0.3, -0.25) is 4.79 Å². The highest BCUT2D eigenvalue weighted by Crippen LogP contribution is 2.29. The zero-order valence-corrected chi connectivity index (χ0v) is 11.5. The van der Waals surface area contributed by atoms with E-state index >= 15 is 0 Å². The lowest BCUT2D eigenvalue weighted by atomic mass is 10.1. The molecule has 0 saturated heterocycles. The van der Waals surface area contributed by atoms with E-state index in [4.69, 9.17) is 15.2 Å². The molecule has 6 heteroatoms. The van der Waals surface area contributed by atoms with E-state index in [2.05, 4.69) is 5.32 Å². The van der Waals surface area contributed by atoms with Gasteiger partial charge in [-0.2, -0.15) is 0 Å². The second-order valence-electron chi connectivity index (χ2n) is 3.69. The number of methoxy groups -OCH3 is 2. The zero-order valence-electron chi connectivity index (χ0n) is 10.7. The number of benzene rings is 1. The number of carbonyl (C=O) groups excluding carboxylic acids is 1. The van der Waals surface area contributed by atoms with Gasteiger partial charge in [-0.15, -0.1) is 12.4 Å². The molecule has 0 bridgehead atoms. The van der Waals surface area contributed by atoms with Crippen LogP contribution in [0, 0.1) is 5.92 Å². The molecule has 0 heterocycles. The van der Waals surface area contributed by atoms with E-state index in [1.165, 1.54) is 7.11 Å². The average molecular weight is 275 g/mol. The number of nitrogens with two attached hydrogens (primary N) is 1. The molecule has 0 saturated carbocycles. The van der Waals surface area contributed by atoms with Gasteiger partial charge in [-0.1, -0.05) is 6.92 Å². The van der Waals surface area contributed by atoms with Crippen LogP contribution in [0.5, 0.6) is 11.5 Å². The van der Waals surface area contributed by atoms with Gasteiger partial charge in [-0.25, -0.2) is 0 Å². The minimum Gasteiger partial charge on any atom is -0.497 e. The molecule has 5 nitrogen and oxygen atoms in total. The van der Waals surface area contributed by atoms with E-state index in [-0.39, 0.29) is 24.2 Å². The smallest absolute Gasteiger partial charge is 0.228 e. The maximum Gasteiger partial charge on any atom is 0.228 e. The Kier molecular flexibility index (Phi) is 7.16. The largest absolute Gasteiger partial charge is 0.497 e. The van der Waals surface area contributed by atoms with Gasteiger partial charge in [0.1, 0.15) is 11.5 Å². The summed E-state index contributed by atoms with van der Waals surface area (Å²) in [6.07, 6.45) is 0. The van der Waals surface area contributed by atoms with Gasteiger partial charge in [-0.05, 0) is 12.1 Å². The zero-order chi connectivity index (χ0) is 12.8. The number of halogens is 1. The highest BCUT2D eigenvalue weighted by atomic mass is 35.5. The van der Waals surface area contributed by atoms with Crippen LogP contribution in [0.2, 0.25) is 0 Å². The standard InChI is InChI=1S/C12H18N2O3.ClH/c1-8(7-13)12(15)14-10-5-4-9(16-2)6-11(10)17-3;/h4-6,8H,7,13H2,1-3H3,(H,14,15);1H. The van der Waals surface area contributed by atoms with Crippen molar-refractivity contribution >= 4 is 24.0 Å². The maximum atomic E-state index is 11.7. The van der Waals surface area contributed by atoms with Crippen LogP contribution < -0.4 is 20.5 Å². The van der Waals surface area contributed by atoms with Crippen LogP contribution in [0.1, 0.15) is 6.92 Å². The first kappa shape index (κ1) is 16.5. The summed E-state index contributed by atoms with van der Waals surface area (Å²) < 4.78 is 10.2. The van der Waals surface area contributed by atoms with Gasteiger partial charge < -0.3 is 20.5 Å². The first-order valence-electron chi connectivity index (χ1n) is 5.35. The number of anilines is 1. The minimum absolute atomic E-state index is 0. The fraction of sp³-hybridized carbons (Fsp3) is 0.417. The normalized spacial score (nSPS) is 11.1. The molecule has 102 valence electrons. The summed E-state index contributed by atoms with van der Waals surface area (Å²) in [5.41, 5.74) is 6.04.